The van der Waals surface area contributed by atoms with Gasteiger partial charge in [0.15, 0.2) is 0 Å². The first-order chi connectivity index (χ1) is 12.7. The smallest absolute Gasteiger partial charge is 0.234 e. The first-order valence-corrected chi connectivity index (χ1v) is 8.78. The van der Waals surface area contributed by atoms with Crippen molar-refractivity contribution >= 4 is 11.9 Å². The molecule has 26 heavy (non-hydrogen) atoms. The summed E-state index contributed by atoms with van der Waals surface area (Å²) in [5, 5.41) is 2.93. The van der Waals surface area contributed by atoms with Gasteiger partial charge in [0.2, 0.25) is 11.9 Å². The van der Waals surface area contributed by atoms with Crippen LogP contribution >= 0.6 is 0 Å². The van der Waals surface area contributed by atoms with Gasteiger partial charge in [-0.25, -0.2) is 9.97 Å². The van der Waals surface area contributed by atoms with Crippen LogP contribution in [0.15, 0.2) is 43.0 Å². The van der Waals surface area contributed by atoms with Gasteiger partial charge in [0, 0.05) is 44.8 Å². The molecule has 0 saturated carbocycles. The number of rotatable bonds is 7. The van der Waals surface area contributed by atoms with Crippen LogP contribution in [0.1, 0.15) is 6.92 Å². The van der Waals surface area contributed by atoms with Gasteiger partial charge in [-0.3, -0.25) is 14.7 Å². The third kappa shape index (κ3) is 5.38. The van der Waals surface area contributed by atoms with Crippen molar-refractivity contribution in [2.24, 2.45) is 0 Å². The Labute approximate surface area is 153 Å². The summed E-state index contributed by atoms with van der Waals surface area (Å²) in [5.74, 6) is 1.46. The first-order valence-electron chi connectivity index (χ1n) is 8.78. The van der Waals surface area contributed by atoms with E-state index in [-0.39, 0.29) is 12.0 Å². The van der Waals surface area contributed by atoms with Crippen molar-refractivity contribution < 1.29 is 9.53 Å². The number of aromatic nitrogens is 3. The highest BCUT2D eigenvalue weighted by Crippen LogP contribution is 2.10. The van der Waals surface area contributed by atoms with Crippen LogP contribution < -0.4 is 15.0 Å². The maximum absolute atomic E-state index is 12.2. The van der Waals surface area contributed by atoms with Gasteiger partial charge in [-0.1, -0.05) is 0 Å². The summed E-state index contributed by atoms with van der Waals surface area (Å²) >= 11 is 0. The summed E-state index contributed by atoms with van der Waals surface area (Å²) in [6.45, 7) is 6.04. The van der Waals surface area contributed by atoms with Gasteiger partial charge < -0.3 is 15.0 Å². The molecule has 1 fully saturated rings. The van der Waals surface area contributed by atoms with E-state index >= 15 is 0 Å². The van der Waals surface area contributed by atoms with Gasteiger partial charge in [0.05, 0.1) is 19.3 Å². The van der Waals surface area contributed by atoms with Crippen molar-refractivity contribution in [2.45, 2.75) is 13.0 Å². The number of carbonyl (C=O) groups is 1. The van der Waals surface area contributed by atoms with E-state index in [1.807, 2.05) is 25.1 Å². The zero-order chi connectivity index (χ0) is 18.2. The lowest BCUT2D eigenvalue weighted by molar-refractivity contribution is -0.122. The maximum Gasteiger partial charge on any atom is 0.234 e. The highest BCUT2D eigenvalue weighted by molar-refractivity contribution is 5.78. The zero-order valence-electron chi connectivity index (χ0n) is 14.9. The van der Waals surface area contributed by atoms with Crippen LogP contribution in [0, 0.1) is 0 Å². The topological polar surface area (TPSA) is 83.5 Å². The second-order valence-corrected chi connectivity index (χ2v) is 6.23. The van der Waals surface area contributed by atoms with Crippen LogP contribution in [-0.4, -0.2) is 71.1 Å². The fourth-order valence-electron chi connectivity index (χ4n) is 2.77. The predicted molar refractivity (Wildman–Crippen MR) is 98.0 cm³/mol. The Morgan fingerprint density at radius 2 is 1.96 bits per heavy atom. The van der Waals surface area contributed by atoms with Gasteiger partial charge in [-0.05, 0) is 25.1 Å². The molecule has 1 unspecified atom stereocenters. The highest BCUT2D eigenvalue weighted by atomic mass is 16.5. The molecule has 2 aromatic rings. The van der Waals surface area contributed by atoms with Gasteiger partial charge >= 0.3 is 0 Å². The Bertz CT molecular complexity index is 677. The molecule has 1 aliphatic rings. The zero-order valence-corrected chi connectivity index (χ0v) is 14.9. The first kappa shape index (κ1) is 18.1. The number of anilines is 1. The van der Waals surface area contributed by atoms with Crippen LogP contribution in [0.5, 0.6) is 5.75 Å². The SMILES string of the molecule is CC(CNC(=O)CN1CCN(c2ncccn2)CC1)Oc1cccnc1. The molecule has 1 N–H and O–H groups in total. The van der Waals surface area contributed by atoms with E-state index in [4.69, 9.17) is 4.74 Å². The lowest BCUT2D eigenvalue weighted by Gasteiger charge is -2.34. The highest BCUT2D eigenvalue weighted by Gasteiger charge is 2.20. The van der Waals surface area contributed by atoms with Crippen molar-refractivity contribution in [3.05, 3.63) is 43.0 Å². The molecule has 8 heteroatoms. The summed E-state index contributed by atoms with van der Waals surface area (Å²) in [5.41, 5.74) is 0. The minimum atomic E-state index is -0.116. The van der Waals surface area contributed by atoms with Gasteiger partial charge in [-0.15, -0.1) is 0 Å². The molecular formula is C18H24N6O2. The predicted octanol–water partition coefficient (Wildman–Crippen LogP) is 0.577. The molecular weight excluding hydrogens is 332 g/mol. The monoisotopic (exact) mass is 356 g/mol. The van der Waals surface area contributed by atoms with Crippen LogP contribution in [-0.2, 0) is 4.79 Å². The Morgan fingerprint density at radius 3 is 2.65 bits per heavy atom. The molecule has 1 aliphatic heterocycles. The van der Waals surface area contributed by atoms with Gasteiger partial charge in [0.25, 0.3) is 0 Å². The Morgan fingerprint density at radius 1 is 1.19 bits per heavy atom. The van der Waals surface area contributed by atoms with E-state index in [1.165, 1.54) is 0 Å². The Hall–Kier alpha value is -2.74. The van der Waals surface area contributed by atoms with Gasteiger partial charge in [0.1, 0.15) is 11.9 Å². The molecule has 0 spiro atoms. The van der Waals surface area contributed by atoms with Crippen molar-refractivity contribution in [3.63, 3.8) is 0 Å². The van der Waals surface area contributed by atoms with E-state index in [0.717, 1.165) is 32.1 Å². The number of amides is 1. The average molecular weight is 356 g/mol. The number of piperazine rings is 1. The van der Waals surface area contributed by atoms with E-state index in [9.17, 15) is 4.79 Å². The third-order valence-corrected chi connectivity index (χ3v) is 4.13. The molecule has 0 bridgehead atoms. The number of hydrogen-bond donors (Lipinski definition) is 1. The second kappa shape index (κ2) is 9.10. The molecule has 1 saturated heterocycles. The summed E-state index contributed by atoms with van der Waals surface area (Å²) < 4.78 is 5.71. The number of ether oxygens (including phenoxy) is 1. The molecule has 2 aromatic heterocycles. The molecule has 0 radical (unpaired) electrons. The van der Waals surface area contributed by atoms with Crippen LogP contribution in [0.3, 0.4) is 0 Å². The van der Waals surface area contributed by atoms with E-state index < -0.39 is 0 Å². The molecule has 138 valence electrons. The van der Waals surface area contributed by atoms with Crippen molar-refractivity contribution in [2.75, 3.05) is 44.2 Å². The minimum absolute atomic E-state index is 0.0102. The number of nitrogens with zero attached hydrogens (tertiary/aromatic N) is 5. The molecule has 3 heterocycles. The third-order valence-electron chi connectivity index (χ3n) is 4.13. The fraction of sp³-hybridized carbons (Fsp3) is 0.444. The molecule has 3 rings (SSSR count). The fourth-order valence-corrected chi connectivity index (χ4v) is 2.77. The maximum atomic E-state index is 12.2. The number of nitrogens with one attached hydrogen (secondary N) is 1. The second-order valence-electron chi connectivity index (χ2n) is 6.23. The molecule has 0 aliphatic carbocycles. The van der Waals surface area contributed by atoms with E-state index in [1.54, 1.807) is 24.8 Å². The number of pyridine rings is 1. The number of carbonyl (C=O) groups excluding carboxylic acids is 1. The standard InChI is InChI=1S/C18H24N6O2/c1-15(26-16-4-2-5-19-13-16)12-22-17(25)14-23-8-10-24(11-9-23)18-20-6-3-7-21-18/h2-7,13,15H,8-12,14H2,1H3,(H,22,25). The Kier molecular flexibility index (Phi) is 6.32. The summed E-state index contributed by atoms with van der Waals surface area (Å²) in [6, 6.07) is 5.48. The summed E-state index contributed by atoms with van der Waals surface area (Å²) in [7, 11) is 0. The Balaban J connectivity index is 1.35. The molecule has 1 atom stereocenters. The van der Waals surface area contributed by atoms with Crippen LogP contribution in [0.25, 0.3) is 0 Å². The van der Waals surface area contributed by atoms with Crippen LogP contribution in [0.4, 0.5) is 5.95 Å². The van der Waals surface area contributed by atoms with E-state index in [2.05, 4.69) is 30.1 Å². The van der Waals surface area contributed by atoms with Crippen LogP contribution in [0.2, 0.25) is 0 Å². The average Bonchev–Trinajstić information content (AvgIpc) is 2.68. The molecule has 0 aromatic carbocycles. The molecule has 8 nitrogen and oxygen atoms in total. The quantitative estimate of drug-likeness (QED) is 0.777. The van der Waals surface area contributed by atoms with Gasteiger partial charge in [-0.2, -0.15) is 0 Å². The normalized spacial score (nSPS) is 16.1. The minimum Gasteiger partial charge on any atom is -0.487 e. The van der Waals surface area contributed by atoms with Crippen molar-refractivity contribution in [3.8, 4) is 5.75 Å². The van der Waals surface area contributed by atoms with Crippen molar-refractivity contribution in [1.82, 2.24) is 25.2 Å². The van der Waals surface area contributed by atoms with E-state index in [0.29, 0.717) is 18.8 Å². The lowest BCUT2D eigenvalue weighted by atomic mass is 10.3. The summed E-state index contributed by atoms with van der Waals surface area (Å²) in [6.07, 6.45) is 6.74. The van der Waals surface area contributed by atoms with Crippen molar-refractivity contribution in [1.29, 1.82) is 0 Å². The lowest BCUT2D eigenvalue weighted by Crippen LogP contribution is -2.50. The number of hydrogen-bond acceptors (Lipinski definition) is 7. The summed E-state index contributed by atoms with van der Waals surface area (Å²) in [4.78, 5) is 29.0. The molecule has 1 amide bonds. The largest absolute Gasteiger partial charge is 0.487 e.